The fourth-order valence-electron chi connectivity index (χ4n) is 1.94. The summed E-state index contributed by atoms with van der Waals surface area (Å²) in [7, 11) is 0. The minimum absolute atomic E-state index is 0.183. The van der Waals surface area contributed by atoms with Gasteiger partial charge in [-0.25, -0.2) is 4.79 Å². The molecule has 18 heavy (non-hydrogen) atoms. The molecular formula is C15H17NO2. The molecule has 1 aromatic heterocycles. The molecule has 94 valence electrons. The van der Waals surface area contributed by atoms with Crippen LogP contribution in [0.5, 0.6) is 0 Å². The third-order valence-corrected chi connectivity index (χ3v) is 2.82. The normalized spacial score (nSPS) is 12.1. The highest BCUT2D eigenvalue weighted by Crippen LogP contribution is 2.16. The van der Waals surface area contributed by atoms with Gasteiger partial charge in [0.2, 0.25) is 0 Å². The van der Waals surface area contributed by atoms with Crippen LogP contribution in [0.4, 0.5) is 0 Å². The first-order valence-electron chi connectivity index (χ1n) is 6.14. The highest BCUT2D eigenvalue weighted by atomic mass is 16.5. The van der Waals surface area contributed by atoms with Gasteiger partial charge in [0, 0.05) is 18.8 Å². The molecule has 0 bridgehead atoms. The van der Waals surface area contributed by atoms with Crippen molar-refractivity contribution >= 4 is 5.97 Å². The fourth-order valence-corrected chi connectivity index (χ4v) is 1.94. The zero-order chi connectivity index (χ0) is 12.8. The van der Waals surface area contributed by atoms with Crippen LogP contribution in [-0.2, 0) is 16.0 Å². The highest BCUT2D eigenvalue weighted by molar-refractivity contribution is 5.74. The van der Waals surface area contributed by atoms with Gasteiger partial charge in [0.1, 0.15) is 6.04 Å². The first-order chi connectivity index (χ1) is 8.81. The number of nitrogens with zero attached hydrogens (tertiary/aromatic N) is 1. The summed E-state index contributed by atoms with van der Waals surface area (Å²) in [5.41, 5.74) is 1.13. The average Bonchev–Trinajstić information content (AvgIpc) is 2.91. The van der Waals surface area contributed by atoms with Crippen LogP contribution in [-0.4, -0.2) is 17.1 Å². The second kappa shape index (κ2) is 6.05. The van der Waals surface area contributed by atoms with E-state index in [0.717, 1.165) is 5.56 Å². The number of benzene rings is 1. The Morgan fingerprint density at radius 3 is 2.44 bits per heavy atom. The Bertz CT molecular complexity index is 476. The second-order valence-corrected chi connectivity index (χ2v) is 4.09. The number of aromatic nitrogens is 1. The number of esters is 1. The van der Waals surface area contributed by atoms with Gasteiger partial charge in [0.05, 0.1) is 6.61 Å². The van der Waals surface area contributed by atoms with Gasteiger partial charge < -0.3 is 9.30 Å². The van der Waals surface area contributed by atoms with E-state index in [-0.39, 0.29) is 12.0 Å². The third-order valence-electron chi connectivity index (χ3n) is 2.82. The SMILES string of the molecule is CCOC(=O)[C@H](Cc1ccccc1)n1cccc1. The number of carbonyl (C=O) groups excluding carboxylic acids is 1. The lowest BCUT2D eigenvalue weighted by molar-refractivity contribution is -0.147. The molecule has 0 N–H and O–H groups in total. The van der Waals surface area contributed by atoms with Crippen LogP contribution >= 0.6 is 0 Å². The summed E-state index contributed by atoms with van der Waals surface area (Å²) in [5.74, 6) is -0.183. The first kappa shape index (κ1) is 12.4. The zero-order valence-electron chi connectivity index (χ0n) is 10.5. The molecule has 2 aromatic rings. The third kappa shape index (κ3) is 3.00. The average molecular weight is 243 g/mol. The maximum absolute atomic E-state index is 12.0. The summed E-state index contributed by atoms with van der Waals surface area (Å²) in [5, 5.41) is 0. The Balaban J connectivity index is 2.18. The van der Waals surface area contributed by atoms with E-state index >= 15 is 0 Å². The summed E-state index contributed by atoms with van der Waals surface area (Å²) < 4.78 is 7.03. The Kier molecular flexibility index (Phi) is 4.18. The smallest absolute Gasteiger partial charge is 0.329 e. The van der Waals surface area contributed by atoms with Crippen LogP contribution in [0.2, 0.25) is 0 Å². The van der Waals surface area contributed by atoms with Crippen LogP contribution in [0, 0.1) is 0 Å². The van der Waals surface area contributed by atoms with E-state index < -0.39 is 0 Å². The number of carbonyl (C=O) groups is 1. The van der Waals surface area contributed by atoms with Crippen molar-refractivity contribution in [2.24, 2.45) is 0 Å². The first-order valence-corrected chi connectivity index (χ1v) is 6.14. The summed E-state index contributed by atoms with van der Waals surface area (Å²) in [6, 6.07) is 13.5. The van der Waals surface area contributed by atoms with Crippen molar-refractivity contribution in [3.8, 4) is 0 Å². The maximum Gasteiger partial charge on any atom is 0.329 e. The molecule has 0 unspecified atom stereocenters. The second-order valence-electron chi connectivity index (χ2n) is 4.09. The van der Waals surface area contributed by atoms with E-state index in [0.29, 0.717) is 13.0 Å². The number of hydrogen-bond acceptors (Lipinski definition) is 2. The van der Waals surface area contributed by atoms with Crippen molar-refractivity contribution in [1.29, 1.82) is 0 Å². The Morgan fingerprint density at radius 2 is 1.83 bits per heavy atom. The molecule has 0 aliphatic heterocycles. The lowest BCUT2D eigenvalue weighted by atomic mass is 10.1. The van der Waals surface area contributed by atoms with Crippen molar-refractivity contribution in [2.45, 2.75) is 19.4 Å². The molecule has 0 amide bonds. The molecule has 0 spiro atoms. The largest absolute Gasteiger partial charge is 0.464 e. The predicted molar refractivity (Wildman–Crippen MR) is 70.2 cm³/mol. The van der Waals surface area contributed by atoms with Crippen molar-refractivity contribution in [3.63, 3.8) is 0 Å². The summed E-state index contributed by atoms with van der Waals surface area (Å²) >= 11 is 0. The molecule has 0 saturated carbocycles. The van der Waals surface area contributed by atoms with Crippen LogP contribution < -0.4 is 0 Å². The van der Waals surface area contributed by atoms with Gasteiger partial charge in [0.15, 0.2) is 0 Å². The van der Waals surface area contributed by atoms with Gasteiger partial charge in [-0.3, -0.25) is 0 Å². The molecule has 0 aliphatic carbocycles. The van der Waals surface area contributed by atoms with Crippen LogP contribution in [0.1, 0.15) is 18.5 Å². The molecule has 1 heterocycles. The molecular weight excluding hydrogens is 226 g/mol. The van der Waals surface area contributed by atoms with E-state index in [4.69, 9.17) is 4.74 Å². The van der Waals surface area contributed by atoms with E-state index in [9.17, 15) is 4.79 Å². The van der Waals surface area contributed by atoms with Gasteiger partial charge in [-0.05, 0) is 24.6 Å². The minimum Gasteiger partial charge on any atom is -0.464 e. The van der Waals surface area contributed by atoms with Gasteiger partial charge in [-0.2, -0.15) is 0 Å². The number of ether oxygens (including phenoxy) is 1. The van der Waals surface area contributed by atoms with E-state index in [2.05, 4.69) is 0 Å². The molecule has 0 saturated heterocycles. The highest BCUT2D eigenvalue weighted by Gasteiger charge is 2.21. The van der Waals surface area contributed by atoms with Crippen molar-refractivity contribution < 1.29 is 9.53 Å². The van der Waals surface area contributed by atoms with Gasteiger partial charge in [-0.1, -0.05) is 30.3 Å². The molecule has 1 atom stereocenters. The van der Waals surface area contributed by atoms with E-state index in [1.165, 1.54) is 0 Å². The predicted octanol–water partition coefficient (Wildman–Crippen LogP) is 2.84. The lowest BCUT2D eigenvalue weighted by Crippen LogP contribution is -2.23. The molecule has 0 aliphatic rings. The molecule has 3 heteroatoms. The molecule has 3 nitrogen and oxygen atoms in total. The number of rotatable bonds is 5. The quantitative estimate of drug-likeness (QED) is 0.756. The maximum atomic E-state index is 12.0. The Morgan fingerprint density at radius 1 is 1.17 bits per heavy atom. The van der Waals surface area contributed by atoms with Crippen LogP contribution in [0.25, 0.3) is 0 Å². The standard InChI is InChI=1S/C15H17NO2/c1-2-18-15(17)14(16-10-6-7-11-16)12-13-8-4-3-5-9-13/h3-11,14H,2,12H2,1H3/t14-/m0/s1. The topological polar surface area (TPSA) is 31.2 Å². The summed E-state index contributed by atoms with van der Waals surface area (Å²) in [6.07, 6.45) is 4.43. The van der Waals surface area contributed by atoms with E-state index in [1.54, 1.807) is 0 Å². The van der Waals surface area contributed by atoms with Gasteiger partial charge in [-0.15, -0.1) is 0 Å². The molecule has 1 aromatic carbocycles. The minimum atomic E-state index is -0.289. The van der Waals surface area contributed by atoms with Gasteiger partial charge in [0.25, 0.3) is 0 Å². The zero-order valence-corrected chi connectivity index (χ0v) is 10.5. The molecule has 0 radical (unpaired) electrons. The monoisotopic (exact) mass is 243 g/mol. The van der Waals surface area contributed by atoms with Crippen LogP contribution in [0.15, 0.2) is 54.9 Å². The van der Waals surface area contributed by atoms with Crippen LogP contribution in [0.3, 0.4) is 0 Å². The Hall–Kier alpha value is -2.03. The number of hydrogen-bond donors (Lipinski definition) is 0. The van der Waals surface area contributed by atoms with Crippen molar-refractivity contribution in [1.82, 2.24) is 4.57 Å². The summed E-state index contributed by atoms with van der Waals surface area (Å²) in [4.78, 5) is 12.0. The van der Waals surface area contributed by atoms with Crippen molar-refractivity contribution in [3.05, 3.63) is 60.4 Å². The molecule has 0 fully saturated rings. The van der Waals surface area contributed by atoms with Gasteiger partial charge >= 0.3 is 5.97 Å². The fraction of sp³-hybridized carbons (Fsp3) is 0.267. The lowest BCUT2D eigenvalue weighted by Gasteiger charge is -2.17. The summed E-state index contributed by atoms with van der Waals surface area (Å²) in [6.45, 7) is 2.23. The Labute approximate surface area is 107 Å². The molecule has 2 rings (SSSR count). The van der Waals surface area contributed by atoms with E-state index in [1.807, 2.05) is 66.3 Å². The van der Waals surface area contributed by atoms with Crippen molar-refractivity contribution in [2.75, 3.05) is 6.61 Å².